The zero-order valence-corrected chi connectivity index (χ0v) is 19.7. The van der Waals surface area contributed by atoms with Crippen molar-refractivity contribution >= 4 is 23.3 Å². The highest BCUT2D eigenvalue weighted by Crippen LogP contribution is 2.24. The van der Waals surface area contributed by atoms with Crippen LogP contribution in [0.1, 0.15) is 16.8 Å². The highest BCUT2D eigenvalue weighted by molar-refractivity contribution is 5.95. The van der Waals surface area contributed by atoms with Gasteiger partial charge in [0.05, 0.1) is 7.11 Å². The van der Waals surface area contributed by atoms with Crippen molar-refractivity contribution in [1.29, 1.82) is 0 Å². The van der Waals surface area contributed by atoms with Gasteiger partial charge >= 0.3 is 6.03 Å². The standard InChI is InChI=1S/C25H33N5O3/c1-27(2)22-12-13-30(18-22)21-8-6-20(7-9-21)26-25(32)29-16-14-28(15-17-29)24(31)19-4-10-23(33-3)11-5-19/h4-11,22H,12-18H2,1-3H3,(H,26,32)/t22-/m1/s1. The van der Waals surface area contributed by atoms with E-state index >= 15 is 0 Å². The molecule has 8 heteroatoms. The molecule has 0 radical (unpaired) electrons. The highest BCUT2D eigenvalue weighted by Gasteiger charge is 2.26. The van der Waals surface area contributed by atoms with E-state index in [1.54, 1.807) is 41.2 Å². The maximum Gasteiger partial charge on any atom is 0.321 e. The first-order valence-corrected chi connectivity index (χ1v) is 11.5. The lowest BCUT2D eigenvalue weighted by Crippen LogP contribution is -2.51. The zero-order valence-electron chi connectivity index (χ0n) is 19.7. The summed E-state index contributed by atoms with van der Waals surface area (Å²) in [5, 5.41) is 2.99. The van der Waals surface area contributed by atoms with E-state index < -0.39 is 0 Å². The quantitative estimate of drug-likeness (QED) is 0.757. The molecule has 0 aliphatic carbocycles. The van der Waals surface area contributed by atoms with Crippen molar-refractivity contribution in [1.82, 2.24) is 14.7 Å². The van der Waals surface area contributed by atoms with Crippen molar-refractivity contribution in [3.63, 3.8) is 0 Å². The Hall–Kier alpha value is -3.26. The number of carbonyl (C=O) groups excluding carboxylic acids is 2. The Morgan fingerprint density at radius 2 is 1.55 bits per heavy atom. The van der Waals surface area contributed by atoms with Gasteiger partial charge in [-0.1, -0.05) is 0 Å². The number of hydrogen-bond donors (Lipinski definition) is 1. The molecule has 33 heavy (non-hydrogen) atoms. The number of piperazine rings is 1. The summed E-state index contributed by atoms with van der Waals surface area (Å²) in [5.41, 5.74) is 2.59. The molecule has 2 heterocycles. The number of urea groups is 1. The van der Waals surface area contributed by atoms with Gasteiger partial charge in [0.25, 0.3) is 5.91 Å². The smallest absolute Gasteiger partial charge is 0.321 e. The molecule has 1 atom stereocenters. The van der Waals surface area contributed by atoms with Gasteiger partial charge in [0.1, 0.15) is 5.75 Å². The monoisotopic (exact) mass is 451 g/mol. The number of hydrogen-bond acceptors (Lipinski definition) is 5. The SMILES string of the molecule is COc1ccc(C(=O)N2CCN(C(=O)Nc3ccc(N4CC[C@@H](N(C)C)C4)cc3)CC2)cc1. The van der Waals surface area contributed by atoms with Crippen LogP contribution in [0.25, 0.3) is 0 Å². The number of nitrogens with zero attached hydrogens (tertiary/aromatic N) is 4. The molecule has 4 rings (SSSR count). The van der Waals surface area contributed by atoms with Crippen LogP contribution < -0.4 is 15.0 Å². The molecule has 2 saturated heterocycles. The summed E-state index contributed by atoms with van der Waals surface area (Å²) in [6.07, 6.45) is 1.17. The van der Waals surface area contributed by atoms with E-state index in [0.29, 0.717) is 37.8 Å². The van der Waals surface area contributed by atoms with Crippen molar-refractivity contribution in [3.8, 4) is 5.75 Å². The van der Waals surface area contributed by atoms with Crippen LogP contribution in [-0.2, 0) is 0 Å². The fraction of sp³-hybridized carbons (Fsp3) is 0.440. The van der Waals surface area contributed by atoms with E-state index in [-0.39, 0.29) is 11.9 Å². The topological polar surface area (TPSA) is 68.4 Å². The van der Waals surface area contributed by atoms with Crippen LogP contribution in [0.3, 0.4) is 0 Å². The minimum absolute atomic E-state index is 0.0216. The second kappa shape index (κ2) is 10.1. The molecule has 1 N–H and O–H groups in total. The van der Waals surface area contributed by atoms with Gasteiger partial charge in [0.15, 0.2) is 0 Å². The van der Waals surface area contributed by atoms with Crippen LogP contribution in [0.4, 0.5) is 16.2 Å². The molecule has 0 aromatic heterocycles. The molecule has 2 aliphatic heterocycles. The number of likely N-dealkylation sites (N-methyl/N-ethyl adjacent to an activating group) is 1. The predicted molar refractivity (Wildman–Crippen MR) is 130 cm³/mol. The van der Waals surface area contributed by atoms with Crippen LogP contribution in [0, 0.1) is 0 Å². The van der Waals surface area contributed by atoms with Gasteiger partial charge in [-0.2, -0.15) is 0 Å². The normalized spacial score (nSPS) is 18.5. The summed E-state index contributed by atoms with van der Waals surface area (Å²) in [4.78, 5) is 33.7. The van der Waals surface area contributed by atoms with Crippen molar-refractivity contribution in [2.24, 2.45) is 0 Å². The third-order valence-corrected chi connectivity index (χ3v) is 6.57. The Kier molecular flexibility index (Phi) is 7.03. The van der Waals surface area contributed by atoms with Crippen LogP contribution in [0.5, 0.6) is 5.75 Å². The molecule has 2 aliphatic rings. The van der Waals surface area contributed by atoms with E-state index in [1.165, 1.54) is 12.1 Å². The number of methoxy groups -OCH3 is 1. The van der Waals surface area contributed by atoms with Gasteiger partial charge in [-0.3, -0.25) is 4.79 Å². The van der Waals surface area contributed by atoms with E-state index in [0.717, 1.165) is 24.5 Å². The van der Waals surface area contributed by atoms with Gasteiger partial charge in [0, 0.05) is 62.2 Å². The van der Waals surface area contributed by atoms with Gasteiger partial charge in [0.2, 0.25) is 0 Å². The molecule has 0 spiro atoms. The van der Waals surface area contributed by atoms with Gasteiger partial charge in [-0.05, 0) is 69.0 Å². The second-order valence-electron chi connectivity index (χ2n) is 8.84. The summed E-state index contributed by atoms with van der Waals surface area (Å²) >= 11 is 0. The van der Waals surface area contributed by atoms with Crippen LogP contribution in [0.2, 0.25) is 0 Å². The molecule has 0 unspecified atom stereocenters. The minimum Gasteiger partial charge on any atom is -0.497 e. The Labute approximate surface area is 195 Å². The van der Waals surface area contributed by atoms with E-state index in [2.05, 4.69) is 41.3 Å². The molecular weight excluding hydrogens is 418 g/mol. The van der Waals surface area contributed by atoms with Crippen molar-refractivity contribution < 1.29 is 14.3 Å². The first kappa shape index (κ1) is 22.9. The van der Waals surface area contributed by atoms with Crippen molar-refractivity contribution in [3.05, 3.63) is 54.1 Å². The van der Waals surface area contributed by atoms with E-state index in [4.69, 9.17) is 4.74 Å². The molecule has 3 amide bonds. The van der Waals surface area contributed by atoms with E-state index in [9.17, 15) is 9.59 Å². The van der Waals surface area contributed by atoms with Crippen LogP contribution >= 0.6 is 0 Å². The number of carbonyl (C=O) groups is 2. The van der Waals surface area contributed by atoms with Crippen LogP contribution in [0.15, 0.2) is 48.5 Å². The Bertz CT molecular complexity index is 953. The fourth-order valence-corrected chi connectivity index (χ4v) is 4.38. The Morgan fingerprint density at radius 3 is 2.12 bits per heavy atom. The minimum atomic E-state index is -0.131. The average Bonchev–Trinajstić information content (AvgIpc) is 3.35. The third kappa shape index (κ3) is 5.39. The van der Waals surface area contributed by atoms with Crippen molar-refractivity contribution in [2.45, 2.75) is 12.5 Å². The van der Waals surface area contributed by atoms with Crippen molar-refractivity contribution in [2.75, 3.05) is 70.7 Å². The second-order valence-corrected chi connectivity index (χ2v) is 8.84. The lowest BCUT2D eigenvalue weighted by Gasteiger charge is -2.34. The Balaban J connectivity index is 1.26. The van der Waals surface area contributed by atoms with Crippen LogP contribution in [-0.4, -0.2) is 93.2 Å². The molecule has 8 nitrogen and oxygen atoms in total. The fourth-order valence-electron chi connectivity index (χ4n) is 4.38. The third-order valence-electron chi connectivity index (χ3n) is 6.57. The molecule has 2 aromatic carbocycles. The van der Waals surface area contributed by atoms with E-state index in [1.807, 2.05) is 12.1 Å². The number of ether oxygens (including phenoxy) is 1. The zero-order chi connectivity index (χ0) is 23.4. The first-order chi connectivity index (χ1) is 15.9. The highest BCUT2D eigenvalue weighted by atomic mass is 16.5. The number of benzene rings is 2. The summed E-state index contributed by atoms with van der Waals surface area (Å²) in [7, 11) is 5.85. The maximum absolute atomic E-state index is 12.7. The summed E-state index contributed by atoms with van der Waals surface area (Å²) in [6, 6.07) is 15.6. The molecule has 2 fully saturated rings. The number of anilines is 2. The largest absolute Gasteiger partial charge is 0.497 e. The average molecular weight is 452 g/mol. The molecule has 0 saturated carbocycles. The molecule has 2 aromatic rings. The van der Waals surface area contributed by atoms with Gasteiger partial charge in [-0.15, -0.1) is 0 Å². The number of rotatable bonds is 5. The van der Waals surface area contributed by atoms with Gasteiger partial charge < -0.3 is 29.7 Å². The number of nitrogens with one attached hydrogen (secondary N) is 1. The number of amides is 3. The lowest BCUT2D eigenvalue weighted by atomic mass is 10.1. The molecule has 176 valence electrons. The first-order valence-electron chi connectivity index (χ1n) is 11.5. The maximum atomic E-state index is 12.7. The predicted octanol–water partition coefficient (Wildman–Crippen LogP) is 2.83. The van der Waals surface area contributed by atoms with Gasteiger partial charge in [-0.25, -0.2) is 4.79 Å². The lowest BCUT2D eigenvalue weighted by molar-refractivity contribution is 0.0671. The molecule has 0 bridgehead atoms. The Morgan fingerprint density at radius 1 is 0.909 bits per heavy atom. The summed E-state index contributed by atoms with van der Waals surface area (Å²) < 4.78 is 5.15. The summed E-state index contributed by atoms with van der Waals surface area (Å²) in [5.74, 6) is 0.700. The molecular formula is C25H33N5O3. The summed E-state index contributed by atoms with van der Waals surface area (Å²) in [6.45, 7) is 4.11.